The first-order valence-corrected chi connectivity index (χ1v) is 0.928. The molecule has 0 amide bonds. The van der Waals surface area contributed by atoms with Gasteiger partial charge in [0.15, 0.2) is 0 Å². The van der Waals surface area contributed by atoms with E-state index in [-0.39, 0.29) is 85.9 Å². The van der Waals surface area contributed by atoms with Crippen LogP contribution in [0, 0.1) is 0 Å². The molecule has 7 heavy (non-hydrogen) atoms. The van der Waals surface area contributed by atoms with Crippen molar-refractivity contribution in [1.82, 2.24) is 0 Å². The monoisotopic (exact) mass is 232 g/mol. The average molecular weight is 231 g/mol. The number of hydrogen-bond acceptors (Lipinski definition) is 1. The summed E-state index contributed by atoms with van der Waals surface area (Å²) in [5.74, 6) is -0.833. The van der Waals surface area contributed by atoms with Gasteiger partial charge in [0.2, 0.25) is 0 Å². The first kappa shape index (κ1) is 22.8. The summed E-state index contributed by atoms with van der Waals surface area (Å²) in [4.78, 5) is 9.00. The van der Waals surface area contributed by atoms with Crippen LogP contribution in [-0.2, 0) is 4.79 Å². The van der Waals surface area contributed by atoms with Gasteiger partial charge in [0, 0.05) is 6.92 Å². The number of carboxylic acid groups (broad SMARTS) is 1. The van der Waals surface area contributed by atoms with Crippen LogP contribution in [0.3, 0.4) is 0 Å². The van der Waals surface area contributed by atoms with E-state index in [2.05, 4.69) is 0 Å². The van der Waals surface area contributed by atoms with Crippen LogP contribution in [0.15, 0.2) is 0 Å². The van der Waals surface area contributed by atoms with E-state index < -0.39 is 5.97 Å². The molecular weight excluding hydrogens is 221 g/mol. The van der Waals surface area contributed by atoms with Gasteiger partial charge < -0.3 is 7.96 Å². The molecule has 36 valence electrons. The van der Waals surface area contributed by atoms with Gasteiger partial charge in [0.25, 0.3) is 5.97 Å². The number of carbonyl (C=O) groups is 1. The fraction of sp³-hybridized carbons (Fsp3) is 0.500. The standard InChI is InChI=1S/C2H4O2.2Na.Sn.6H/c1-2(3)4;;;;;;;;;/h1H3,(H,3,4);;;;;;;;;/q;2*+1;;;;;;2*-1. The summed E-state index contributed by atoms with van der Waals surface area (Å²) < 4.78 is 0. The van der Waals surface area contributed by atoms with E-state index in [0.717, 1.165) is 6.92 Å². The van der Waals surface area contributed by atoms with Crippen LogP contribution in [0.1, 0.15) is 9.78 Å². The van der Waals surface area contributed by atoms with Crippen LogP contribution in [-0.4, -0.2) is 35.0 Å². The van der Waals surface area contributed by atoms with E-state index in [1.807, 2.05) is 0 Å². The molecule has 0 unspecified atom stereocenters. The quantitative estimate of drug-likeness (QED) is 0.420. The van der Waals surface area contributed by atoms with Crippen LogP contribution < -0.4 is 59.1 Å². The molecule has 0 radical (unpaired) electrons. The molecule has 0 aliphatic carbocycles. The summed E-state index contributed by atoms with van der Waals surface area (Å²) in [5, 5.41) is 7.42. The molecule has 1 N–H and O–H groups in total. The molecule has 0 aliphatic heterocycles. The Labute approximate surface area is 107 Å². The van der Waals surface area contributed by atoms with E-state index in [1.165, 1.54) is 0 Å². The fourth-order valence-electron chi connectivity index (χ4n) is 0. The molecule has 0 fully saturated rings. The van der Waals surface area contributed by atoms with E-state index in [4.69, 9.17) is 9.90 Å². The third kappa shape index (κ3) is 63.1. The van der Waals surface area contributed by atoms with E-state index >= 15 is 0 Å². The number of aliphatic carboxylic acids is 1. The Kier molecular flexibility index (Phi) is 51.3. The fourth-order valence-corrected chi connectivity index (χ4v) is 0. The number of hydrogen-bond donors (Lipinski definition) is 1. The zero-order chi connectivity index (χ0) is 3.58. The summed E-state index contributed by atoms with van der Waals surface area (Å²) in [5.41, 5.74) is 0. The SMILES string of the molecule is CC(=O)O.[H-].[H-].[Na+].[Na+].[SnH4]. The zero-order valence-electron chi connectivity index (χ0n) is 6.36. The molecule has 0 bridgehead atoms. The minimum absolute atomic E-state index is 0. The van der Waals surface area contributed by atoms with Gasteiger partial charge in [-0.1, -0.05) is 0 Å². The van der Waals surface area contributed by atoms with Crippen molar-refractivity contribution in [3.8, 4) is 0 Å². The molecule has 0 rings (SSSR count). The second-order valence-electron chi connectivity index (χ2n) is 0.519. The van der Waals surface area contributed by atoms with Crippen molar-refractivity contribution >= 4 is 29.9 Å². The molecule has 5 heteroatoms. The normalized spacial score (nSPS) is 3.57. The van der Waals surface area contributed by atoms with Crippen LogP contribution in [0.25, 0.3) is 0 Å². The zero-order valence-corrected chi connectivity index (χ0v) is 8.36. The number of rotatable bonds is 0. The average Bonchev–Trinajstić information content (AvgIpc) is 0.811. The van der Waals surface area contributed by atoms with Crippen molar-refractivity contribution in [2.45, 2.75) is 6.92 Å². The second-order valence-corrected chi connectivity index (χ2v) is 0.519. The second kappa shape index (κ2) is 15.7. The Morgan fingerprint density at radius 1 is 1.57 bits per heavy atom. The van der Waals surface area contributed by atoms with Crippen molar-refractivity contribution in [1.29, 1.82) is 0 Å². The van der Waals surface area contributed by atoms with E-state index in [0.29, 0.717) is 0 Å². The van der Waals surface area contributed by atoms with Gasteiger partial charge in [-0.2, -0.15) is 0 Å². The summed E-state index contributed by atoms with van der Waals surface area (Å²) in [7, 11) is 0. The van der Waals surface area contributed by atoms with Gasteiger partial charge >= 0.3 is 83.0 Å². The predicted molar refractivity (Wildman–Crippen MR) is 26.9 cm³/mol. The Morgan fingerprint density at radius 2 is 1.57 bits per heavy atom. The Hall–Kier alpha value is 2.27. The molecule has 0 atom stereocenters. The Balaban J connectivity index is -0.00000000450. The maximum absolute atomic E-state index is 9.00. The minimum atomic E-state index is -0.833. The molecule has 0 aromatic carbocycles. The number of carboxylic acids is 1. The molecule has 0 aliphatic rings. The van der Waals surface area contributed by atoms with Crippen molar-refractivity contribution in [2.24, 2.45) is 0 Å². The molecule has 0 aromatic heterocycles. The van der Waals surface area contributed by atoms with Crippen LogP contribution in [0.2, 0.25) is 0 Å². The molecule has 0 saturated heterocycles. The van der Waals surface area contributed by atoms with Crippen molar-refractivity contribution in [3.63, 3.8) is 0 Å². The molecule has 0 aromatic rings. The Morgan fingerprint density at radius 3 is 1.57 bits per heavy atom. The third-order valence-electron chi connectivity index (χ3n) is 0. The topological polar surface area (TPSA) is 37.3 Å². The molecule has 0 spiro atoms. The molecule has 2 nitrogen and oxygen atoms in total. The maximum atomic E-state index is 9.00. The van der Waals surface area contributed by atoms with Gasteiger partial charge in [-0.15, -0.1) is 0 Å². The van der Waals surface area contributed by atoms with E-state index in [9.17, 15) is 0 Å². The third-order valence-corrected chi connectivity index (χ3v) is 0. The summed E-state index contributed by atoms with van der Waals surface area (Å²) in [6.07, 6.45) is 0. The van der Waals surface area contributed by atoms with Crippen molar-refractivity contribution in [2.75, 3.05) is 0 Å². The first-order chi connectivity index (χ1) is 1.73. The molecule has 0 saturated carbocycles. The van der Waals surface area contributed by atoms with Crippen LogP contribution in [0.4, 0.5) is 0 Å². The summed E-state index contributed by atoms with van der Waals surface area (Å²) >= 11 is 0. The van der Waals surface area contributed by atoms with Crippen molar-refractivity contribution in [3.05, 3.63) is 0 Å². The van der Waals surface area contributed by atoms with Gasteiger partial charge in [-0.05, 0) is 0 Å². The van der Waals surface area contributed by atoms with Crippen LogP contribution >= 0.6 is 0 Å². The van der Waals surface area contributed by atoms with Gasteiger partial charge in [-0.3, -0.25) is 4.79 Å². The summed E-state index contributed by atoms with van der Waals surface area (Å²) in [6, 6.07) is 0. The van der Waals surface area contributed by atoms with Gasteiger partial charge in [0.1, 0.15) is 0 Å². The van der Waals surface area contributed by atoms with Crippen molar-refractivity contribution < 1.29 is 71.9 Å². The summed E-state index contributed by atoms with van der Waals surface area (Å²) in [6.45, 7) is 1.08. The molecule has 0 heterocycles. The van der Waals surface area contributed by atoms with E-state index in [1.54, 1.807) is 0 Å². The van der Waals surface area contributed by atoms with Crippen LogP contribution in [0.5, 0.6) is 0 Å². The van der Waals surface area contributed by atoms with Gasteiger partial charge in [0.05, 0.1) is 0 Å². The molecular formula is C2H10Na2O2Sn. The predicted octanol–water partition coefficient (Wildman–Crippen LogP) is -7.13. The first-order valence-electron chi connectivity index (χ1n) is 0.928. The van der Waals surface area contributed by atoms with Gasteiger partial charge in [-0.25, -0.2) is 0 Å². The Bertz CT molecular complexity index is 43.5.